The van der Waals surface area contributed by atoms with Gasteiger partial charge < -0.3 is 14.1 Å². The highest BCUT2D eigenvalue weighted by Crippen LogP contribution is 2.30. The van der Waals surface area contributed by atoms with Crippen LogP contribution in [0.15, 0.2) is 50.3 Å². The molecule has 1 fully saturated rings. The minimum Gasteiger partial charge on any atom is -0.493 e. The van der Waals surface area contributed by atoms with Gasteiger partial charge in [0.2, 0.25) is 0 Å². The second kappa shape index (κ2) is 6.96. The molecule has 134 valence electrons. The van der Waals surface area contributed by atoms with Gasteiger partial charge in [0.1, 0.15) is 5.56 Å². The lowest BCUT2D eigenvalue weighted by atomic mass is 9.91. The van der Waals surface area contributed by atoms with E-state index in [1.807, 2.05) is 6.07 Å². The van der Waals surface area contributed by atoms with Crippen LogP contribution in [0.5, 0.6) is 5.75 Å². The number of hydrogen-bond acceptors (Lipinski definition) is 5. The number of thiophene rings is 1. The Morgan fingerprint density at radius 3 is 2.77 bits per heavy atom. The lowest BCUT2D eigenvalue weighted by molar-refractivity contribution is 0.0709. The van der Waals surface area contributed by atoms with Gasteiger partial charge in [-0.05, 0) is 53.3 Å². The second-order valence-electron chi connectivity index (χ2n) is 6.45. The van der Waals surface area contributed by atoms with Crippen molar-refractivity contribution >= 4 is 28.2 Å². The van der Waals surface area contributed by atoms with Crippen molar-refractivity contribution in [2.45, 2.75) is 18.8 Å². The van der Waals surface area contributed by atoms with Crippen molar-refractivity contribution in [1.82, 2.24) is 4.90 Å². The van der Waals surface area contributed by atoms with E-state index in [-0.39, 0.29) is 11.5 Å². The number of amides is 1. The number of para-hydroxylation sites is 1. The highest BCUT2D eigenvalue weighted by Gasteiger charge is 2.27. The maximum absolute atomic E-state index is 12.8. The van der Waals surface area contributed by atoms with Crippen molar-refractivity contribution in [3.8, 4) is 5.75 Å². The monoisotopic (exact) mass is 369 g/mol. The SMILES string of the molecule is COc1cccc2cc(C(=O)N3CCC(c4ccsc4)CC3)c(=O)oc12. The number of methoxy groups -OCH3 is 1. The van der Waals surface area contributed by atoms with Crippen LogP contribution in [0.3, 0.4) is 0 Å². The van der Waals surface area contributed by atoms with Gasteiger partial charge in [0.05, 0.1) is 7.11 Å². The molecule has 1 aromatic carbocycles. The van der Waals surface area contributed by atoms with Crippen LogP contribution < -0.4 is 10.4 Å². The zero-order valence-corrected chi connectivity index (χ0v) is 15.3. The van der Waals surface area contributed by atoms with Gasteiger partial charge in [-0.15, -0.1) is 0 Å². The summed E-state index contributed by atoms with van der Waals surface area (Å²) >= 11 is 1.70. The largest absolute Gasteiger partial charge is 0.493 e. The molecule has 2 aromatic heterocycles. The summed E-state index contributed by atoms with van der Waals surface area (Å²) in [5.41, 5.74) is 1.18. The Labute approximate surface area is 154 Å². The number of fused-ring (bicyclic) bond motifs is 1. The van der Waals surface area contributed by atoms with Gasteiger partial charge in [-0.2, -0.15) is 11.3 Å². The highest BCUT2D eigenvalue weighted by molar-refractivity contribution is 7.07. The Morgan fingerprint density at radius 1 is 1.27 bits per heavy atom. The molecule has 3 heterocycles. The predicted molar refractivity (Wildman–Crippen MR) is 101 cm³/mol. The normalized spacial score (nSPS) is 15.3. The molecule has 1 amide bonds. The Kier molecular flexibility index (Phi) is 4.51. The number of carbonyl (C=O) groups is 1. The van der Waals surface area contributed by atoms with E-state index >= 15 is 0 Å². The average Bonchev–Trinajstić information content (AvgIpc) is 3.21. The van der Waals surface area contributed by atoms with Gasteiger partial charge in [-0.25, -0.2) is 4.79 Å². The van der Waals surface area contributed by atoms with E-state index in [2.05, 4.69) is 16.8 Å². The molecule has 0 bridgehead atoms. The summed E-state index contributed by atoms with van der Waals surface area (Å²) in [4.78, 5) is 27.0. The number of hydrogen-bond donors (Lipinski definition) is 0. The van der Waals surface area contributed by atoms with Crippen LogP contribution in [-0.4, -0.2) is 31.0 Å². The van der Waals surface area contributed by atoms with Crippen molar-refractivity contribution in [3.05, 3.63) is 62.6 Å². The molecule has 0 radical (unpaired) electrons. The molecular formula is C20H19NO4S. The zero-order chi connectivity index (χ0) is 18.1. The number of nitrogens with zero attached hydrogens (tertiary/aromatic N) is 1. The minimum absolute atomic E-state index is 0.0831. The summed E-state index contributed by atoms with van der Waals surface area (Å²) in [6, 6.07) is 9.10. The number of likely N-dealkylation sites (tertiary alicyclic amines) is 1. The fourth-order valence-electron chi connectivity index (χ4n) is 3.52. The predicted octanol–water partition coefficient (Wildman–Crippen LogP) is 3.88. The van der Waals surface area contributed by atoms with Crippen LogP contribution in [0.1, 0.15) is 34.7 Å². The van der Waals surface area contributed by atoms with Gasteiger partial charge in [-0.3, -0.25) is 4.79 Å². The van der Waals surface area contributed by atoms with E-state index in [1.54, 1.807) is 34.4 Å². The summed E-state index contributed by atoms with van der Waals surface area (Å²) in [6.45, 7) is 1.30. The van der Waals surface area contributed by atoms with E-state index in [1.165, 1.54) is 12.7 Å². The third-order valence-corrected chi connectivity index (χ3v) is 5.67. The summed E-state index contributed by atoms with van der Waals surface area (Å²) in [5, 5.41) is 4.94. The molecule has 1 aliphatic rings. The van der Waals surface area contributed by atoms with Crippen LogP contribution in [0.25, 0.3) is 11.0 Å². The molecule has 0 atom stereocenters. The number of ether oxygens (including phenoxy) is 1. The first-order valence-electron chi connectivity index (χ1n) is 8.59. The topological polar surface area (TPSA) is 59.8 Å². The van der Waals surface area contributed by atoms with Gasteiger partial charge in [0.15, 0.2) is 11.3 Å². The number of benzene rings is 1. The molecule has 5 nitrogen and oxygen atoms in total. The molecule has 0 saturated carbocycles. The van der Waals surface area contributed by atoms with Gasteiger partial charge in [-0.1, -0.05) is 12.1 Å². The van der Waals surface area contributed by atoms with Crippen LogP contribution in [0.2, 0.25) is 0 Å². The molecule has 0 aliphatic carbocycles. The van der Waals surface area contributed by atoms with Crippen LogP contribution in [0.4, 0.5) is 0 Å². The quantitative estimate of drug-likeness (QED) is 0.658. The lowest BCUT2D eigenvalue weighted by Crippen LogP contribution is -2.39. The maximum atomic E-state index is 12.8. The first-order valence-corrected chi connectivity index (χ1v) is 9.54. The Morgan fingerprint density at radius 2 is 2.08 bits per heavy atom. The lowest BCUT2D eigenvalue weighted by Gasteiger charge is -2.31. The Bertz CT molecular complexity index is 985. The molecule has 4 rings (SSSR count). The molecule has 0 unspecified atom stereocenters. The van der Waals surface area contributed by atoms with Crippen molar-refractivity contribution in [2.24, 2.45) is 0 Å². The summed E-state index contributed by atoms with van der Waals surface area (Å²) in [6.07, 6.45) is 1.82. The van der Waals surface area contributed by atoms with Crippen molar-refractivity contribution in [2.75, 3.05) is 20.2 Å². The molecule has 3 aromatic rings. The van der Waals surface area contributed by atoms with Crippen LogP contribution >= 0.6 is 11.3 Å². The van der Waals surface area contributed by atoms with E-state index in [4.69, 9.17) is 9.15 Å². The van der Waals surface area contributed by atoms with Crippen molar-refractivity contribution < 1.29 is 13.9 Å². The summed E-state index contributed by atoms with van der Waals surface area (Å²) in [7, 11) is 1.52. The van der Waals surface area contributed by atoms with Gasteiger partial charge in [0.25, 0.3) is 5.91 Å². The first kappa shape index (κ1) is 16.8. The smallest absolute Gasteiger partial charge is 0.349 e. The second-order valence-corrected chi connectivity index (χ2v) is 7.23. The van der Waals surface area contributed by atoms with Gasteiger partial charge >= 0.3 is 5.63 Å². The molecule has 0 spiro atoms. The molecule has 26 heavy (non-hydrogen) atoms. The number of carbonyl (C=O) groups excluding carboxylic acids is 1. The number of rotatable bonds is 3. The highest BCUT2D eigenvalue weighted by atomic mass is 32.1. The average molecular weight is 369 g/mol. The van der Waals surface area contributed by atoms with Crippen molar-refractivity contribution in [3.63, 3.8) is 0 Å². The molecular weight excluding hydrogens is 350 g/mol. The fourth-order valence-corrected chi connectivity index (χ4v) is 4.26. The number of piperidine rings is 1. The Hall–Kier alpha value is -2.60. The van der Waals surface area contributed by atoms with E-state index in [0.717, 1.165) is 12.8 Å². The third kappa shape index (κ3) is 3.01. The van der Waals surface area contributed by atoms with Crippen LogP contribution in [0, 0.1) is 0 Å². The summed E-state index contributed by atoms with van der Waals surface area (Å²) in [5.74, 6) is 0.713. The van der Waals surface area contributed by atoms with Crippen molar-refractivity contribution in [1.29, 1.82) is 0 Å². The fraction of sp³-hybridized carbons (Fsp3) is 0.300. The zero-order valence-electron chi connectivity index (χ0n) is 14.4. The molecule has 1 aliphatic heterocycles. The minimum atomic E-state index is -0.619. The molecule has 0 N–H and O–H groups in total. The maximum Gasteiger partial charge on any atom is 0.349 e. The first-order chi connectivity index (χ1) is 12.7. The van der Waals surface area contributed by atoms with E-state index < -0.39 is 5.63 Å². The van der Waals surface area contributed by atoms with E-state index in [9.17, 15) is 9.59 Å². The Balaban J connectivity index is 1.57. The summed E-state index contributed by atoms with van der Waals surface area (Å²) < 4.78 is 10.6. The van der Waals surface area contributed by atoms with E-state index in [0.29, 0.717) is 35.7 Å². The molecule has 1 saturated heterocycles. The third-order valence-electron chi connectivity index (χ3n) is 4.97. The molecule has 6 heteroatoms. The standard InChI is InChI=1S/C20H19NO4S/c1-24-17-4-2-3-14-11-16(20(23)25-18(14)17)19(22)21-8-5-13(6-9-21)15-7-10-26-12-15/h2-4,7,10-13H,5-6,8-9H2,1H3. The van der Waals surface area contributed by atoms with Crippen LogP contribution in [-0.2, 0) is 0 Å². The van der Waals surface area contributed by atoms with Gasteiger partial charge in [0, 0.05) is 18.5 Å².